The summed E-state index contributed by atoms with van der Waals surface area (Å²) in [6.07, 6.45) is 6.26. The minimum atomic E-state index is -0.554. The third-order valence-corrected chi connectivity index (χ3v) is 4.79. The fourth-order valence-electron chi connectivity index (χ4n) is 3.35. The van der Waals surface area contributed by atoms with Crippen molar-refractivity contribution in [1.29, 1.82) is 0 Å². The molecule has 1 aromatic carbocycles. The third-order valence-electron chi connectivity index (χ3n) is 4.79. The smallest absolute Gasteiger partial charge is 0.261 e. The van der Waals surface area contributed by atoms with Crippen molar-refractivity contribution in [3.05, 3.63) is 69.1 Å². The van der Waals surface area contributed by atoms with Gasteiger partial charge in [0.05, 0.1) is 6.54 Å². The molecule has 0 atom stereocenters. The summed E-state index contributed by atoms with van der Waals surface area (Å²) in [5.41, 5.74) is 3.70. The Balaban J connectivity index is 2.03. The highest BCUT2D eigenvalue weighted by atomic mass is 19.1. The molecule has 4 nitrogen and oxygen atoms in total. The summed E-state index contributed by atoms with van der Waals surface area (Å²) in [5.74, 6) is -0.466. The van der Waals surface area contributed by atoms with Gasteiger partial charge in [-0.1, -0.05) is 23.8 Å². The van der Waals surface area contributed by atoms with Crippen LogP contribution in [0.5, 0.6) is 0 Å². The number of halogens is 1. The first-order valence-corrected chi connectivity index (χ1v) is 8.88. The molecule has 0 unspecified atom stereocenters. The molecule has 1 amide bonds. The molecule has 1 aromatic heterocycles. The number of amides is 1. The van der Waals surface area contributed by atoms with Gasteiger partial charge < -0.3 is 9.88 Å². The Labute approximate surface area is 152 Å². The first-order valence-electron chi connectivity index (χ1n) is 8.88. The average Bonchev–Trinajstić information content (AvgIpc) is 3.14. The lowest BCUT2D eigenvalue weighted by molar-refractivity contribution is 0.102. The zero-order valence-electron chi connectivity index (χ0n) is 15.1. The Hall–Kier alpha value is -2.69. The van der Waals surface area contributed by atoms with E-state index in [1.807, 2.05) is 32.1 Å². The molecule has 1 aliphatic carbocycles. The maximum absolute atomic E-state index is 13.0. The zero-order valence-corrected chi connectivity index (χ0v) is 15.1. The number of hydrogen-bond donors (Lipinski definition) is 1. The quantitative estimate of drug-likeness (QED) is 0.872. The van der Waals surface area contributed by atoms with E-state index in [9.17, 15) is 14.0 Å². The molecule has 3 rings (SSSR count). The Bertz CT molecular complexity index is 911. The predicted molar refractivity (Wildman–Crippen MR) is 102 cm³/mol. The molecule has 0 aliphatic heterocycles. The summed E-state index contributed by atoms with van der Waals surface area (Å²) in [4.78, 5) is 25.7. The van der Waals surface area contributed by atoms with E-state index in [0.717, 1.165) is 30.4 Å². The number of aryl methyl sites for hydroxylation is 2. The monoisotopic (exact) mass is 354 g/mol. The SMILES string of the molecule is Cc1ccc(NC(=O)c2cn(CCF)c(C)c(C3=CCCC3)c2=O)cc1. The van der Waals surface area contributed by atoms with Crippen LogP contribution >= 0.6 is 0 Å². The number of alkyl halides is 1. The maximum atomic E-state index is 13.0. The molecular formula is C21H23FN2O2. The number of hydrogen-bond acceptors (Lipinski definition) is 2. The summed E-state index contributed by atoms with van der Waals surface area (Å²) in [6, 6.07) is 7.37. The van der Waals surface area contributed by atoms with Crippen molar-refractivity contribution < 1.29 is 9.18 Å². The molecule has 0 spiro atoms. The highest BCUT2D eigenvalue weighted by molar-refractivity contribution is 6.04. The molecule has 1 N–H and O–H groups in total. The summed E-state index contributed by atoms with van der Waals surface area (Å²) < 4.78 is 14.6. The first kappa shape index (κ1) is 18.1. The molecule has 26 heavy (non-hydrogen) atoms. The topological polar surface area (TPSA) is 51.1 Å². The van der Waals surface area contributed by atoms with Crippen LogP contribution in [0.25, 0.3) is 5.57 Å². The van der Waals surface area contributed by atoms with E-state index in [1.54, 1.807) is 16.7 Å². The largest absolute Gasteiger partial charge is 0.347 e. The molecular weight excluding hydrogens is 331 g/mol. The number of anilines is 1. The highest BCUT2D eigenvalue weighted by Crippen LogP contribution is 2.28. The van der Waals surface area contributed by atoms with Crippen LogP contribution < -0.4 is 10.7 Å². The lowest BCUT2D eigenvalue weighted by Crippen LogP contribution is -2.27. The van der Waals surface area contributed by atoms with Gasteiger partial charge in [0, 0.05) is 23.1 Å². The molecule has 0 radical (unpaired) electrons. The molecule has 0 bridgehead atoms. The first-order chi connectivity index (χ1) is 12.5. The van der Waals surface area contributed by atoms with Crippen LogP contribution in [0.1, 0.15) is 46.4 Å². The van der Waals surface area contributed by atoms with E-state index in [-0.39, 0.29) is 17.5 Å². The normalized spacial score (nSPS) is 13.6. The van der Waals surface area contributed by atoms with Crippen molar-refractivity contribution in [1.82, 2.24) is 4.57 Å². The molecule has 1 heterocycles. The summed E-state index contributed by atoms with van der Waals surface area (Å²) in [5, 5.41) is 2.77. The highest BCUT2D eigenvalue weighted by Gasteiger charge is 2.21. The van der Waals surface area contributed by atoms with Crippen LogP contribution in [0.2, 0.25) is 0 Å². The molecule has 0 fully saturated rings. The fraction of sp³-hybridized carbons (Fsp3) is 0.333. The molecule has 0 saturated heterocycles. The van der Waals surface area contributed by atoms with Crippen molar-refractivity contribution >= 4 is 17.2 Å². The molecule has 1 aliphatic rings. The van der Waals surface area contributed by atoms with Gasteiger partial charge in [-0.25, -0.2) is 4.39 Å². The minimum absolute atomic E-state index is 0.0485. The van der Waals surface area contributed by atoms with E-state index in [2.05, 4.69) is 5.32 Å². The average molecular weight is 354 g/mol. The van der Waals surface area contributed by atoms with Crippen molar-refractivity contribution in [3.63, 3.8) is 0 Å². The summed E-state index contributed by atoms with van der Waals surface area (Å²) in [7, 11) is 0. The van der Waals surface area contributed by atoms with Crippen LogP contribution in [0.15, 0.2) is 41.3 Å². The number of carbonyl (C=O) groups excluding carboxylic acids is 1. The summed E-state index contributed by atoms with van der Waals surface area (Å²) >= 11 is 0. The van der Waals surface area contributed by atoms with E-state index < -0.39 is 12.6 Å². The second kappa shape index (κ2) is 7.68. The minimum Gasteiger partial charge on any atom is -0.347 e. The Morgan fingerprint density at radius 3 is 2.58 bits per heavy atom. The number of benzene rings is 1. The van der Waals surface area contributed by atoms with Crippen molar-refractivity contribution in [2.75, 3.05) is 12.0 Å². The number of allylic oxidation sites excluding steroid dienone is 2. The van der Waals surface area contributed by atoms with Gasteiger partial charge in [-0.3, -0.25) is 9.59 Å². The number of nitrogens with one attached hydrogen (secondary N) is 1. The van der Waals surface area contributed by atoms with E-state index in [1.165, 1.54) is 6.20 Å². The van der Waals surface area contributed by atoms with E-state index in [4.69, 9.17) is 0 Å². The van der Waals surface area contributed by atoms with Crippen molar-refractivity contribution in [3.8, 4) is 0 Å². The van der Waals surface area contributed by atoms with Crippen LogP contribution in [0.3, 0.4) is 0 Å². The molecule has 0 saturated carbocycles. The number of pyridine rings is 1. The molecule has 5 heteroatoms. The van der Waals surface area contributed by atoms with Gasteiger partial charge in [-0.05, 0) is 50.8 Å². The third kappa shape index (κ3) is 3.62. The second-order valence-electron chi connectivity index (χ2n) is 6.66. The lowest BCUT2D eigenvalue weighted by atomic mass is 10.0. The van der Waals surface area contributed by atoms with Gasteiger partial charge in [0.2, 0.25) is 5.43 Å². The standard InChI is InChI=1S/C21H23FN2O2/c1-14-7-9-17(10-8-14)23-21(26)18-13-24(12-11-22)15(2)19(20(18)25)16-5-3-4-6-16/h5,7-10,13H,3-4,6,11-12H2,1-2H3,(H,23,26). The zero-order chi connectivity index (χ0) is 18.7. The van der Waals surface area contributed by atoms with Crippen molar-refractivity contribution in [2.24, 2.45) is 0 Å². The van der Waals surface area contributed by atoms with Crippen molar-refractivity contribution in [2.45, 2.75) is 39.7 Å². The number of nitrogens with zero attached hydrogens (tertiary/aromatic N) is 1. The maximum Gasteiger partial charge on any atom is 0.261 e. The van der Waals surface area contributed by atoms with Gasteiger partial charge in [0.25, 0.3) is 5.91 Å². The van der Waals surface area contributed by atoms with Crippen LogP contribution in [-0.2, 0) is 6.54 Å². The number of rotatable bonds is 5. The van der Waals surface area contributed by atoms with E-state index in [0.29, 0.717) is 16.9 Å². The van der Waals surface area contributed by atoms with Gasteiger partial charge in [0.15, 0.2) is 0 Å². The van der Waals surface area contributed by atoms with Crippen LogP contribution in [-0.4, -0.2) is 17.1 Å². The van der Waals surface area contributed by atoms with Crippen LogP contribution in [0.4, 0.5) is 10.1 Å². The Morgan fingerprint density at radius 1 is 1.23 bits per heavy atom. The lowest BCUT2D eigenvalue weighted by Gasteiger charge is -2.16. The Kier molecular flexibility index (Phi) is 5.35. The summed E-state index contributed by atoms with van der Waals surface area (Å²) in [6.45, 7) is 3.34. The number of carbonyl (C=O) groups is 1. The van der Waals surface area contributed by atoms with Gasteiger partial charge >= 0.3 is 0 Å². The predicted octanol–water partition coefficient (Wildman–Crippen LogP) is 4.25. The number of aromatic nitrogens is 1. The second-order valence-corrected chi connectivity index (χ2v) is 6.66. The van der Waals surface area contributed by atoms with Gasteiger partial charge in [-0.2, -0.15) is 0 Å². The van der Waals surface area contributed by atoms with Gasteiger partial charge in [-0.15, -0.1) is 0 Å². The van der Waals surface area contributed by atoms with Gasteiger partial charge in [0.1, 0.15) is 12.2 Å². The fourth-order valence-corrected chi connectivity index (χ4v) is 3.35. The molecule has 136 valence electrons. The van der Waals surface area contributed by atoms with E-state index >= 15 is 0 Å². The molecule has 2 aromatic rings. The Morgan fingerprint density at radius 2 is 1.96 bits per heavy atom. The van der Waals surface area contributed by atoms with Crippen LogP contribution in [0, 0.1) is 13.8 Å².